The molecular weight excluding hydrogens is 378 g/mol. The van der Waals surface area contributed by atoms with Gasteiger partial charge in [-0.2, -0.15) is 0 Å². The third-order valence-electron chi connectivity index (χ3n) is 7.90. The Balaban J connectivity index is 1.82. The molecular formula is C29H31NO. The zero-order chi connectivity index (χ0) is 22.1. The quantitative estimate of drug-likeness (QED) is 0.421. The van der Waals surface area contributed by atoms with E-state index in [9.17, 15) is 4.79 Å². The van der Waals surface area contributed by atoms with Gasteiger partial charge in [-0.05, 0) is 84.0 Å². The number of nitrogens with zero attached hydrogens (tertiary/aromatic N) is 1. The average Bonchev–Trinajstić information content (AvgIpc) is 3.02. The van der Waals surface area contributed by atoms with E-state index >= 15 is 0 Å². The monoisotopic (exact) mass is 409 g/mol. The maximum atomic E-state index is 12.1. The molecule has 1 unspecified atom stereocenters. The van der Waals surface area contributed by atoms with Crippen LogP contribution in [0.1, 0.15) is 80.6 Å². The molecule has 3 aromatic carbocycles. The van der Waals surface area contributed by atoms with E-state index in [-0.39, 0.29) is 16.6 Å². The Kier molecular flexibility index (Phi) is 4.25. The highest BCUT2D eigenvalue weighted by Crippen LogP contribution is 2.56. The molecule has 3 aromatic rings. The fraction of sp³-hybridized carbons (Fsp3) is 0.345. The first-order valence-corrected chi connectivity index (χ1v) is 11.5. The molecule has 158 valence electrons. The molecule has 0 N–H and O–H groups in total. The highest BCUT2D eigenvalue weighted by molar-refractivity contribution is 5.96. The molecule has 0 fully saturated rings. The lowest BCUT2D eigenvalue weighted by molar-refractivity contribution is 0.101. The number of fused-ring (bicyclic) bond motifs is 5. The summed E-state index contributed by atoms with van der Waals surface area (Å²) in [5.41, 5.74) is 11.4. The summed E-state index contributed by atoms with van der Waals surface area (Å²) in [6.45, 7) is 14.0. The second-order valence-electron chi connectivity index (χ2n) is 9.80. The molecule has 1 heterocycles. The number of carbonyl (C=O) groups is 1. The van der Waals surface area contributed by atoms with E-state index in [2.05, 4.69) is 88.0 Å². The summed E-state index contributed by atoms with van der Waals surface area (Å²) in [6, 6.07) is 20.0. The summed E-state index contributed by atoms with van der Waals surface area (Å²) < 4.78 is 0. The second kappa shape index (κ2) is 6.56. The molecule has 0 bridgehead atoms. The minimum Gasteiger partial charge on any atom is -0.341 e. The third-order valence-corrected chi connectivity index (χ3v) is 7.90. The van der Waals surface area contributed by atoms with E-state index in [1.807, 2.05) is 6.07 Å². The summed E-state index contributed by atoms with van der Waals surface area (Å²) in [4.78, 5) is 14.6. The van der Waals surface area contributed by atoms with Gasteiger partial charge < -0.3 is 4.90 Å². The number of hydrogen-bond donors (Lipinski definition) is 0. The van der Waals surface area contributed by atoms with Crippen molar-refractivity contribution in [1.82, 2.24) is 0 Å². The van der Waals surface area contributed by atoms with Crippen LogP contribution in [0.2, 0.25) is 0 Å². The van der Waals surface area contributed by atoms with Gasteiger partial charge in [0.1, 0.15) is 0 Å². The first-order chi connectivity index (χ1) is 14.7. The molecule has 2 heteroatoms. The van der Waals surface area contributed by atoms with Crippen LogP contribution >= 0.6 is 0 Å². The number of carbonyl (C=O) groups excluding carboxylic acids is 1. The minimum absolute atomic E-state index is 0.0310. The minimum atomic E-state index is -0.184. The molecule has 0 aromatic heterocycles. The van der Waals surface area contributed by atoms with Crippen LogP contribution < -0.4 is 4.90 Å². The van der Waals surface area contributed by atoms with E-state index in [0.29, 0.717) is 0 Å². The molecule has 1 aliphatic heterocycles. The summed E-state index contributed by atoms with van der Waals surface area (Å²) in [5, 5.41) is 0. The van der Waals surface area contributed by atoms with Gasteiger partial charge >= 0.3 is 0 Å². The summed E-state index contributed by atoms with van der Waals surface area (Å²) in [6.07, 6.45) is 1.07. The van der Waals surface area contributed by atoms with Crippen LogP contribution in [0.15, 0.2) is 54.6 Å². The molecule has 5 rings (SSSR count). The normalized spacial score (nSPS) is 20.0. The fourth-order valence-electron chi connectivity index (χ4n) is 5.82. The van der Waals surface area contributed by atoms with Gasteiger partial charge in [0.15, 0.2) is 5.78 Å². The van der Waals surface area contributed by atoms with E-state index < -0.39 is 0 Å². The summed E-state index contributed by atoms with van der Waals surface area (Å²) in [5.74, 6) is 0.119. The van der Waals surface area contributed by atoms with Crippen molar-refractivity contribution in [3.63, 3.8) is 0 Å². The van der Waals surface area contributed by atoms with E-state index in [0.717, 1.165) is 18.5 Å². The molecule has 0 saturated heterocycles. The van der Waals surface area contributed by atoms with Crippen LogP contribution in [0.25, 0.3) is 11.1 Å². The van der Waals surface area contributed by atoms with Gasteiger partial charge in [0.2, 0.25) is 0 Å². The SMILES string of the molecule is CCN1c2ccc(C(C)=O)cc2C(C)(C)c2cc3c(cc21)C(C)(CC)c1ccccc1-3. The van der Waals surface area contributed by atoms with Gasteiger partial charge in [-0.1, -0.05) is 52.0 Å². The van der Waals surface area contributed by atoms with E-state index in [1.54, 1.807) is 6.92 Å². The maximum absolute atomic E-state index is 12.1. The highest BCUT2D eigenvalue weighted by Gasteiger charge is 2.42. The number of ketones is 1. The highest BCUT2D eigenvalue weighted by atomic mass is 16.1. The molecule has 0 spiro atoms. The van der Waals surface area contributed by atoms with Crippen molar-refractivity contribution in [1.29, 1.82) is 0 Å². The Hall–Kier alpha value is -2.87. The van der Waals surface area contributed by atoms with Gasteiger partial charge in [0.05, 0.1) is 0 Å². The second-order valence-corrected chi connectivity index (χ2v) is 9.80. The van der Waals surface area contributed by atoms with Gasteiger partial charge in [-0.25, -0.2) is 0 Å². The van der Waals surface area contributed by atoms with Crippen LogP contribution in [-0.2, 0) is 10.8 Å². The summed E-state index contributed by atoms with van der Waals surface area (Å²) in [7, 11) is 0. The lowest BCUT2D eigenvalue weighted by Crippen LogP contribution is -2.33. The lowest BCUT2D eigenvalue weighted by Gasteiger charge is -2.43. The third kappa shape index (κ3) is 2.54. The van der Waals surface area contributed by atoms with Crippen molar-refractivity contribution in [2.75, 3.05) is 11.4 Å². The average molecular weight is 410 g/mol. The number of rotatable bonds is 3. The number of Topliss-reactive ketones (excluding diaryl/α,β-unsaturated/α-hetero) is 1. The Morgan fingerprint density at radius 3 is 2.19 bits per heavy atom. The Morgan fingerprint density at radius 1 is 0.806 bits per heavy atom. The standard InChI is InChI=1S/C29H31NO/c1-7-29(6)22-12-10-9-11-20(22)21-16-25-27(17-23(21)29)30(8-2)26-14-13-19(18(3)31)15-24(26)28(25,4)5/h9-17H,7-8H2,1-6H3. The van der Waals surface area contributed by atoms with Crippen molar-refractivity contribution >= 4 is 17.2 Å². The fourth-order valence-corrected chi connectivity index (χ4v) is 5.82. The predicted octanol–water partition coefficient (Wildman–Crippen LogP) is 7.38. The van der Waals surface area contributed by atoms with Crippen molar-refractivity contribution in [2.24, 2.45) is 0 Å². The first-order valence-electron chi connectivity index (χ1n) is 11.5. The molecule has 1 aliphatic carbocycles. The first kappa shape index (κ1) is 20.1. The van der Waals surface area contributed by atoms with Gasteiger partial charge in [-0.3, -0.25) is 4.79 Å². The van der Waals surface area contributed by atoms with Crippen molar-refractivity contribution in [2.45, 2.75) is 58.8 Å². The molecule has 2 nitrogen and oxygen atoms in total. The summed E-state index contributed by atoms with van der Waals surface area (Å²) >= 11 is 0. The largest absolute Gasteiger partial charge is 0.341 e. The number of anilines is 2. The molecule has 1 atom stereocenters. The Morgan fingerprint density at radius 2 is 1.52 bits per heavy atom. The predicted molar refractivity (Wildman–Crippen MR) is 130 cm³/mol. The van der Waals surface area contributed by atoms with Crippen LogP contribution in [0.5, 0.6) is 0 Å². The van der Waals surface area contributed by atoms with Crippen LogP contribution in [0, 0.1) is 0 Å². The topological polar surface area (TPSA) is 20.3 Å². The van der Waals surface area contributed by atoms with Gasteiger partial charge in [0, 0.05) is 34.3 Å². The zero-order valence-corrected chi connectivity index (χ0v) is 19.5. The molecule has 31 heavy (non-hydrogen) atoms. The van der Waals surface area contributed by atoms with Gasteiger partial charge in [0.25, 0.3) is 0 Å². The molecule has 2 aliphatic rings. The smallest absolute Gasteiger partial charge is 0.159 e. The lowest BCUT2D eigenvalue weighted by atomic mass is 9.71. The van der Waals surface area contributed by atoms with Crippen molar-refractivity contribution in [3.05, 3.63) is 82.4 Å². The molecule has 0 radical (unpaired) electrons. The van der Waals surface area contributed by atoms with Gasteiger partial charge in [-0.15, -0.1) is 0 Å². The number of hydrogen-bond acceptors (Lipinski definition) is 2. The maximum Gasteiger partial charge on any atom is 0.159 e. The van der Waals surface area contributed by atoms with Crippen LogP contribution in [-0.4, -0.2) is 12.3 Å². The van der Waals surface area contributed by atoms with Crippen LogP contribution in [0.3, 0.4) is 0 Å². The van der Waals surface area contributed by atoms with Crippen molar-refractivity contribution < 1.29 is 4.79 Å². The van der Waals surface area contributed by atoms with E-state index in [4.69, 9.17) is 0 Å². The Bertz CT molecular complexity index is 1240. The Labute approximate surface area is 185 Å². The van der Waals surface area contributed by atoms with Crippen molar-refractivity contribution in [3.8, 4) is 11.1 Å². The molecule has 0 amide bonds. The molecule has 0 saturated carbocycles. The number of benzene rings is 3. The zero-order valence-electron chi connectivity index (χ0n) is 19.5. The van der Waals surface area contributed by atoms with Crippen LogP contribution in [0.4, 0.5) is 11.4 Å². The van der Waals surface area contributed by atoms with E-state index in [1.165, 1.54) is 44.8 Å².